The maximum absolute atomic E-state index is 13.9. The number of carbonyl (C=O) groups excluding carboxylic acids is 3. The van der Waals surface area contributed by atoms with Crippen LogP contribution in [0.3, 0.4) is 0 Å². The molecular formula is C28H17Cl2F3N4O4S2. The van der Waals surface area contributed by atoms with E-state index in [0.717, 1.165) is 35.2 Å². The molecule has 0 aliphatic carbocycles. The fourth-order valence-corrected chi connectivity index (χ4v) is 8.31. The van der Waals surface area contributed by atoms with E-state index in [-0.39, 0.29) is 15.1 Å². The molecule has 1 saturated heterocycles. The Morgan fingerprint density at radius 3 is 2.47 bits per heavy atom. The summed E-state index contributed by atoms with van der Waals surface area (Å²) in [6.07, 6.45) is -1.83. The fraction of sp³-hybridized carbons (Fsp3) is 0.179. The van der Waals surface area contributed by atoms with Gasteiger partial charge < -0.3 is 5.32 Å². The number of thioether (sulfide) groups is 1. The molecule has 220 valence electrons. The van der Waals surface area contributed by atoms with Gasteiger partial charge in [0.1, 0.15) is 11.8 Å². The molecule has 0 spiro atoms. The van der Waals surface area contributed by atoms with Gasteiger partial charge in [-0.3, -0.25) is 28.7 Å². The Balaban J connectivity index is 1.41. The van der Waals surface area contributed by atoms with E-state index in [4.69, 9.17) is 23.2 Å². The number of benzene rings is 2. The highest BCUT2D eigenvalue weighted by Gasteiger charge is 2.57. The zero-order chi connectivity index (χ0) is 30.6. The average molecular weight is 666 g/mol. The number of aromatic nitrogens is 2. The quantitative estimate of drug-likeness (QED) is 0.260. The lowest BCUT2D eigenvalue weighted by Crippen LogP contribution is -2.33. The van der Waals surface area contributed by atoms with Gasteiger partial charge in [0.05, 0.1) is 32.2 Å². The number of amides is 3. The summed E-state index contributed by atoms with van der Waals surface area (Å²) in [5.41, 5.74) is -0.844. The number of para-hydroxylation sites is 1. The van der Waals surface area contributed by atoms with Gasteiger partial charge in [-0.15, -0.1) is 0 Å². The number of carbonyl (C=O) groups is 3. The molecule has 2 aliphatic heterocycles. The van der Waals surface area contributed by atoms with Crippen LogP contribution in [0.25, 0.3) is 0 Å². The number of halogens is 5. The standard InChI is InChI=1S/C28H17Cl2F3N4O4S2/c29-16-8-7-14(10-17(16)30)35-19(38)12-36-26-23(43-27(36)41)20(13-4-3-9-34-11-13)21-22(42-26)25(40)37(24(21)39)18-6-2-1-5-15(18)28(31,32)33/h1-11,20-22H,12H2,(H,35,38)/t20-,21?,22?/m1/s1. The van der Waals surface area contributed by atoms with Crippen molar-refractivity contribution in [1.29, 1.82) is 0 Å². The van der Waals surface area contributed by atoms with Crippen LogP contribution in [0, 0.1) is 5.92 Å². The van der Waals surface area contributed by atoms with Gasteiger partial charge in [0.15, 0.2) is 0 Å². The predicted octanol–water partition coefficient (Wildman–Crippen LogP) is 6.06. The highest BCUT2D eigenvalue weighted by molar-refractivity contribution is 8.00. The van der Waals surface area contributed by atoms with Crippen molar-refractivity contribution >= 4 is 75.4 Å². The summed E-state index contributed by atoms with van der Waals surface area (Å²) in [4.78, 5) is 58.5. The van der Waals surface area contributed by atoms with E-state index < -0.39 is 63.7 Å². The molecule has 15 heteroatoms. The molecule has 4 heterocycles. The number of imide groups is 1. The number of hydrogen-bond donors (Lipinski definition) is 1. The van der Waals surface area contributed by atoms with Crippen molar-refractivity contribution in [2.75, 3.05) is 10.2 Å². The molecule has 0 saturated carbocycles. The Morgan fingerprint density at radius 2 is 1.77 bits per heavy atom. The second kappa shape index (κ2) is 11.1. The van der Waals surface area contributed by atoms with E-state index in [9.17, 15) is 32.3 Å². The topological polar surface area (TPSA) is 101 Å². The fourth-order valence-electron chi connectivity index (χ4n) is 5.24. The minimum Gasteiger partial charge on any atom is -0.324 e. The molecule has 43 heavy (non-hydrogen) atoms. The molecular weight excluding hydrogens is 648 g/mol. The summed E-state index contributed by atoms with van der Waals surface area (Å²) in [6.45, 7) is -0.433. The molecule has 0 bridgehead atoms. The minimum atomic E-state index is -4.82. The first-order valence-electron chi connectivity index (χ1n) is 12.5. The normalized spacial score (nSPS) is 19.7. The maximum Gasteiger partial charge on any atom is 0.418 e. The van der Waals surface area contributed by atoms with Crippen molar-refractivity contribution in [3.05, 3.63) is 103 Å². The minimum absolute atomic E-state index is 0.214. The summed E-state index contributed by atoms with van der Waals surface area (Å²) in [6, 6.07) is 12.2. The lowest BCUT2D eigenvalue weighted by Gasteiger charge is -2.30. The van der Waals surface area contributed by atoms with Gasteiger partial charge in [0.25, 0.3) is 0 Å². The van der Waals surface area contributed by atoms with E-state index in [1.165, 1.54) is 47.3 Å². The van der Waals surface area contributed by atoms with Crippen molar-refractivity contribution in [2.24, 2.45) is 5.92 Å². The van der Waals surface area contributed by atoms with Gasteiger partial charge in [-0.05, 0) is 42.0 Å². The van der Waals surface area contributed by atoms with Crippen LogP contribution >= 0.6 is 46.3 Å². The summed E-state index contributed by atoms with van der Waals surface area (Å²) in [7, 11) is 0. The molecule has 6 rings (SSSR count). The highest BCUT2D eigenvalue weighted by atomic mass is 35.5. The van der Waals surface area contributed by atoms with E-state index in [2.05, 4.69) is 10.3 Å². The number of anilines is 2. The summed E-state index contributed by atoms with van der Waals surface area (Å²) in [5, 5.41) is 2.27. The van der Waals surface area contributed by atoms with Crippen molar-refractivity contribution in [3.63, 3.8) is 0 Å². The summed E-state index contributed by atoms with van der Waals surface area (Å²) >= 11 is 13.7. The van der Waals surface area contributed by atoms with Crippen LogP contribution in [-0.2, 0) is 27.1 Å². The number of nitrogens with one attached hydrogen (secondary N) is 1. The molecule has 4 aromatic rings. The van der Waals surface area contributed by atoms with Gasteiger partial charge in [0, 0.05) is 28.9 Å². The molecule has 1 N–H and O–H groups in total. The van der Waals surface area contributed by atoms with E-state index >= 15 is 0 Å². The summed E-state index contributed by atoms with van der Waals surface area (Å²) < 4.78 is 42.9. The van der Waals surface area contributed by atoms with Gasteiger partial charge in [-0.25, -0.2) is 4.90 Å². The van der Waals surface area contributed by atoms with Crippen LogP contribution in [0.5, 0.6) is 0 Å². The molecule has 2 aromatic carbocycles. The number of thiazole rings is 1. The van der Waals surface area contributed by atoms with Crippen LogP contribution in [0.15, 0.2) is 76.8 Å². The largest absolute Gasteiger partial charge is 0.418 e. The van der Waals surface area contributed by atoms with Crippen molar-refractivity contribution in [2.45, 2.75) is 28.9 Å². The zero-order valence-electron chi connectivity index (χ0n) is 21.5. The lowest BCUT2D eigenvalue weighted by atomic mass is 9.84. The monoisotopic (exact) mass is 664 g/mol. The molecule has 2 aromatic heterocycles. The zero-order valence-corrected chi connectivity index (χ0v) is 24.6. The summed E-state index contributed by atoms with van der Waals surface area (Å²) in [5.74, 6) is -4.22. The first-order valence-corrected chi connectivity index (χ1v) is 15.0. The third kappa shape index (κ3) is 5.24. The lowest BCUT2D eigenvalue weighted by molar-refractivity contribution is -0.137. The smallest absolute Gasteiger partial charge is 0.324 e. The van der Waals surface area contributed by atoms with Gasteiger partial charge in [-0.1, -0.05) is 64.5 Å². The van der Waals surface area contributed by atoms with Crippen LogP contribution in [0.2, 0.25) is 10.0 Å². The van der Waals surface area contributed by atoms with Crippen LogP contribution < -0.4 is 15.1 Å². The molecule has 0 radical (unpaired) electrons. The Bertz CT molecular complexity index is 1850. The number of alkyl halides is 3. The van der Waals surface area contributed by atoms with Gasteiger partial charge >= 0.3 is 11.0 Å². The first-order chi connectivity index (χ1) is 20.5. The Kier molecular flexibility index (Phi) is 7.61. The highest BCUT2D eigenvalue weighted by Crippen LogP contribution is 2.54. The van der Waals surface area contributed by atoms with Gasteiger partial charge in [0.2, 0.25) is 17.7 Å². The second-order valence-electron chi connectivity index (χ2n) is 9.66. The van der Waals surface area contributed by atoms with E-state index in [0.29, 0.717) is 21.0 Å². The first kappa shape index (κ1) is 29.4. The Morgan fingerprint density at radius 1 is 1.00 bits per heavy atom. The Hall–Kier alpha value is -3.65. The third-order valence-corrected chi connectivity index (χ3v) is 10.4. The molecule has 1 fully saturated rings. The van der Waals surface area contributed by atoms with Crippen LogP contribution in [0.1, 0.15) is 21.9 Å². The molecule has 3 amide bonds. The van der Waals surface area contributed by atoms with Gasteiger partial charge in [-0.2, -0.15) is 13.2 Å². The molecule has 3 atom stereocenters. The molecule has 8 nitrogen and oxygen atoms in total. The maximum atomic E-state index is 13.9. The van der Waals surface area contributed by atoms with Crippen LogP contribution in [0.4, 0.5) is 24.5 Å². The van der Waals surface area contributed by atoms with E-state index in [1.54, 1.807) is 12.1 Å². The second-order valence-corrected chi connectivity index (χ2v) is 12.6. The number of rotatable bonds is 5. The van der Waals surface area contributed by atoms with E-state index in [1.807, 2.05) is 0 Å². The number of pyridine rings is 1. The molecule has 2 unspecified atom stereocenters. The number of hydrogen-bond acceptors (Lipinski definition) is 7. The number of nitrogens with zero attached hydrogens (tertiary/aromatic N) is 3. The van der Waals surface area contributed by atoms with Crippen molar-refractivity contribution in [1.82, 2.24) is 9.55 Å². The SMILES string of the molecule is O=C(Cn1c2c(sc1=O)[C@H](c1cccnc1)C1C(=O)N(c3ccccc3C(F)(F)F)C(=O)C1S2)Nc1ccc(Cl)c(Cl)c1. The Labute approximate surface area is 259 Å². The number of fused-ring (bicyclic) bond motifs is 2. The average Bonchev–Trinajstić information content (AvgIpc) is 3.41. The van der Waals surface area contributed by atoms with Crippen molar-refractivity contribution < 1.29 is 27.6 Å². The predicted molar refractivity (Wildman–Crippen MR) is 157 cm³/mol. The molecule has 2 aliphatic rings. The van der Waals surface area contributed by atoms with Crippen LogP contribution in [-0.4, -0.2) is 32.5 Å². The third-order valence-electron chi connectivity index (χ3n) is 7.05. The van der Waals surface area contributed by atoms with Crippen molar-refractivity contribution in [3.8, 4) is 0 Å².